The molecule has 0 aliphatic carbocycles. The third-order valence-corrected chi connectivity index (χ3v) is 6.37. The number of sulfonamides is 1. The SMILES string of the molecule is CCN(CC)S(=O)(=O)c1ccc(NC(=O)c2cccc(C)c2C)cc1. The highest BCUT2D eigenvalue weighted by atomic mass is 32.2. The normalized spacial score (nSPS) is 11.6. The fraction of sp³-hybridized carbons (Fsp3) is 0.316. The predicted octanol–water partition coefficient (Wildman–Crippen LogP) is 3.59. The fourth-order valence-corrected chi connectivity index (χ4v) is 4.08. The van der Waals surface area contributed by atoms with E-state index in [0.717, 1.165) is 11.1 Å². The number of carbonyl (C=O) groups excluding carboxylic acids is 1. The first-order valence-corrected chi connectivity index (χ1v) is 9.73. The number of carbonyl (C=O) groups is 1. The maximum atomic E-state index is 12.5. The minimum Gasteiger partial charge on any atom is -0.322 e. The van der Waals surface area contributed by atoms with Gasteiger partial charge in [0.2, 0.25) is 10.0 Å². The van der Waals surface area contributed by atoms with Crippen LogP contribution in [0.25, 0.3) is 0 Å². The van der Waals surface area contributed by atoms with Crippen LogP contribution in [0.5, 0.6) is 0 Å². The molecule has 0 bridgehead atoms. The molecule has 0 aromatic heterocycles. The molecule has 0 aliphatic rings. The van der Waals surface area contributed by atoms with Crippen LogP contribution < -0.4 is 5.32 Å². The van der Waals surface area contributed by atoms with Crippen LogP contribution in [0.15, 0.2) is 47.4 Å². The minimum atomic E-state index is -3.49. The van der Waals surface area contributed by atoms with Gasteiger partial charge in [-0.05, 0) is 55.3 Å². The van der Waals surface area contributed by atoms with Crippen molar-refractivity contribution in [3.63, 3.8) is 0 Å². The number of hydrogen-bond acceptors (Lipinski definition) is 3. The summed E-state index contributed by atoms with van der Waals surface area (Å²) < 4.78 is 26.3. The van der Waals surface area contributed by atoms with Gasteiger partial charge in [0.1, 0.15) is 0 Å². The summed E-state index contributed by atoms with van der Waals surface area (Å²) in [6, 6.07) is 11.8. The Balaban J connectivity index is 2.21. The number of rotatable bonds is 6. The van der Waals surface area contributed by atoms with Gasteiger partial charge in [-0.15, -0.1) is 0 Å². The van der Waals surface area contributed by atoms with Crippen molar-refractivity contribution in [1.82, 2.24) is 4.31 Å². The molecule has 0 radical (unpaired) electrons. The Morgan fingerprint density at radius 3 is 2.16 bits per heavy atom. The van der Waals surface area contributed by atoms with Crippen molar-refractivity contribution >= 4 is 21.6 Å². The molecule has 1 N–H and O–H groups in total. The van der Waals surface area contributed by atoms with Crippen molar-refractivity contribution in [3.8, 4) is 0 Å². The molecule has 0 heterocycles. The number of benzene rings is 2. The largest absolute Gasteiger partial charge is 0.322 e. The lowest BCUT2D eigenvalue weighted by Gasteiger charge is -2.18. The van der Waals surface area contributed by atoms with Gasteiger partial charge in [0.25, 0.3) is 5.91 Å². The van der Waals surface area contributed by atoms with Crippen LogP contribution in [0.2, 0.25) is 0 Å². The van der Waals surface area contributed by atoms with Crippen LogP contribution in [0.3, 0.4) is 0 Å². The molecule has 0 saturated carbocycles. The monoisotopic (exact) mass is 360 g/mol. The van der Waals surface area contributed by atoms with E-state index in [9.17, 15) is 13.2 Å². The lowest BCUT2D eigenvalue weighted by molar-refractivity contribution is 0.102. The van der Waals surface area contributed by atoms with E-state index in [1.165, 1.54) is 16.4 Å². The molecule has 0 fully saturated rings. The van der Waals surface area contributed by atoms with Gasteiger partial charge in [-0.25, -0.2) is 8.42 Å². The van der Waals surface area contributed by atoms with Crippen molar-refractivity contribution in [2.24, 2.45) is 0 Å². The lowest BCUT2D eigenvalue weighted by atomic mass is 10.0. The van der Waals surface area contributed by atoms with Gasteiger partial charge in [-0.2, -0.15) is 4.31 Å². The second-order valence-corrected chi connectivity index (χ2v) is 7.75. The second kappa shape index (κ2) is 7.80. The zero-order valence-corrected chi connectivity index (χ0v) is 15.9. The zero-order chi connectivity index (χ0) is 18.6. The lowest BCUT2D eigenvalue weighted by Crippen LogP contribution is -2.30. The number of anilines is 1. The Morgan fingerprint density at radius 1 is 1.00 bits per heavy atom. The van der Waals surface area contributed by atoms with Crippen LogP contribution in [-0.2, 0) is 10.0 Å². The van der Waals surface area contributed by atoms with E-state index >= 15 is 0 Å². The predicted molar refractivity (Wildman–Crippen MR) is 100 cm³/mol. The highest BCUT2D eigenvalue weighted by Crippen LogP contribution is 2.20. The van der Waals surface area contributed by atoms with Gasteiger partial charge >= 0.3 is 0 Å². The van der Waals surface area contributed by atoms with Gasteiger partial charge in [0, 0.05) is 24.3 Å². The molecule has 0 saturated heterocycles. The molecular formula is C19H24N2O3S. The summed E-state index contributed by atoms with van der Waals surface area (Å²) in [6.45, 7) is 8.32. The van der Waals surface area contributed by atoms with Crippen molar-refractivity contribution < 1.29 is 13.2 Å². The molecule has 2 aromatic rings. The molecular weight excluding hydrogens is 336 g/mol. The maximum Gasteiger partial charge on any atom is 0.255 e. The van der Waals surface area contributed by atoms with Crippen molar-refractivity contribution in [1.29, 1.82) is 0 Å². The maximum absolute atomic E-state index is 12.5. The first kappa shape index (κ1) is 19.1. The molecule has 0 atom stereocenters. The number of aryl methyl sites for hydroxylation is 1. The van der Waals surface area contributed by atoms with E-state index in [-0.39, 0.29) is 10.8 Å². The Morgan fingerprint density at radius 2 is 1.60 bits per heavy atom. The minimum absolute atomic E-state index is 0.208. The van der Waals surface area contributed by atoms with Gasteiger partial charge in [-0.3, -0.25) is 4.79 Å². The summed E-state index contributed by atoms with van der Waals surface area (Å²) in [5, 5.41) is 2.81. The van der Waals surface area contributed by atoms with Gasteiger partial charge < -0.3 is 5.32 Å². The molecule has 0 aliphatic heterocycles. The van der Waals surface area contributed by atoms with E-state index in [2.05, 4.69) is 5.32 Å². The van der Waals surface area contributed by atoms with Gasteiger partial charge in [-0.1, -0.05) is 26.0 Å². The smallest absolute Gasteiger partial charge is 0.255 e. The van der Waals surface area contributed by atoms with Gasteiger partial charge in [0.05, 0.1) is 4.90 Å². The standard InChI is InChI=1S/C19H24N2O3S/c1-5-21(6-2)25(23,24)17-12-10-16(11-13-17)20-19(22)18-9-7-8-14(3)15(18)4/h7-13H,5-6H2,1-4H3,(H,20,22). The molecule has 2 aromatic carbocycles. The van der Waals surface area contributed by atoms with E-state index in [0.29, 0.717) is 24.3 Å². The third kappa shape index (κ3) is 4.08. The van der Waals surface area contributed by atoms with Crippen molar-refractivity contribution in [3.05, 3.63) is 59.2 Å². The Labute approximate surface area is 149 Å². The number of amides is 1. The topological polar surface area (TPSA) is 66.5 Å². The number of nitrogens with zero attached hydrogens (tertiary/aromatic N) is 1. The Bertz CT molecular complexity index is 855. The molecule has 0 unspecified atom stereocenters. The molecule has 134 valence electrons. The summed E-state index contributed by atoms with van der Waals surface area (Å²) in [5.41, 5.74) is 3.15. The van der Waals surface area contributed by atoms with E-state index in [1.54, 1.807) is 32.0 Å². The number of hydrogen-bond donors (Lipinski definition) is 1. The van der Waals surface area contributed by atoms with E-state index in [4.69, 9.17) is 0 Å². The first-order chi connectivity index (χ1) is 11.8. The number of nitrogens with one attached hydrogen (secondary N) is 1. The van der Waals surface area contributed by atoms with Crippen LogP contribution in [0, 0.1) is 13.8 Å². The highest BCUT2D eigenvalue weighted by molar-refractivity contribution is 7.89. The van der Waals surface area contributed by atoms with Crippen LogP contribution in [0.4, 0.5) is 5.69 Å². The quantitative estimate of drug-likeness (QED) is 0.856. The fourth-order valence-electron chi connectivity index (χ4n) is 2.62. The van der Waals surface area contributed by atoms with Crippen molar-refractivity contribution in [2.45, 2.75) is 32.6 Å². The molecule has 1 amide bonds. The summed E-state index contributed by atoms with van der Waals surface area (Å²) in [7, 11) is -3.49. The van der Waals surface area contributed by atoms with Crippen LogP contribution in [0.1, 0.15) is 35.3 Å². The average molecular weight is 360 g/mol. The second-order valence-electron chi connectivity index (χ2n) is 5.82. The molecule has 6 heteroatoms. The molecule has 2 rings (SSSR count). The summed E-state index contributed by atoms with van der Waals surface area (Å²) >= 11 is 0. The summed E-state index contributed by atoms with van der Waals surface area (Å²) in [6.07, 6.45) is 0. The Hall–Kier alpha value is -2.18. The molecule has 5 nitrogen and oxygen atoms in total. The highest BCUT2D eigenvalue weighted by Gasteiger charge is 2.21. The van der Waals surface area contributed by atoms with Crippen molar-refractivity contribution in [2.75, 3.05) is 18.4 Å². The van der Waals surface area contributed by atoms with E-state index in [1.807, 2.05) is 26.0 Å². The summed E-state index contributed by atoms with van der Waals surface area (Å²) in [5.74, 6) is -0.208. The van der Waals surface area contributed by atoms with Crippen LogP contribution >= 0.6 is 0 Å². The third-order valence-electron chi connectivity index (χ3n) is 4.30. The molecule has 0 spiro atoms. The average Bonchev–Trinajstić information content (AvgIpc) is 2.58. The first-order valence-electron chi connectivity index (χ1n) is 8.29. The molecule has 25 heavy (non-hydrogen) atoms. The van der Waals surface area contributed by atoms with Crippen LogP contribution in [-0.4, -0.2) is 31.7 Å². The zero-order valence-electron chi connectivity index (χ0n) is 15.0. The van der Waals surface area contributed by atoms with E-state index < -0.39 is 10.0 Å². The Kier molecular flexibility index (Phi) is 5.98. The van der Waals surface area contributed by atoms with Gasteiger partial charge in [0.15, 0.2) is 0 Å². The summed E-state index contributed by atoms with van der Waals surface area (Å²) in [4.78, 5) is 12.7.